The Morgan fingerprint density at radius 2 is 1.54 bits per heavy atom. The van der Waals surface area contributed by atoms with Gasteiger partial charge in [0.25, 0.3) is 0 Å². The lowest BCUT2D eigenvalue weighted by Gasteiger charge is -2.08. The number of carbonyl (C=O) groups is 1. The first kappa shape index (κ1) is 17.6. The molecule has 8 heteroatoms. The van der Waals surface area contributed by atoms with Crippen molar-refractivity contribution in [3.05, 3.63) is 60.3 Å². The normalized spacial score (nSPS) is 11.3. The highest BCUT2D eigenvalue weighted by atomic mass is 32.2. The zero-order chi connectivity index (χ0) is 18.9. The summed E-state index contributed by atoms with van der Waals surface area (Å²) in [6.07, 6.45) is 2.68. The maximum absolute atomic E-state index is 11.6. The number of hydrogen-bond acceptors (Lipinski definition) is 6. The van der Waals surface area contributed by atoms with Crippen LogP contribution in [0.3, 0.4) is 0 Å². The molecule has 4 N–H and O–H groups in total. The minimum absolute atomic E-state index is 0.214. The van der Waals surface area contributed by atoms with Crippen LogP contribution >= 0.6 is 0 Å². The Morgan fingerprint density at radius 3 is 2.08 bits per heavy atom. The van der Waals surface area contributed by atoms with Crippen LogP contribution in [0.15, 0.2) is 59.6 Å². The zero-order valence-corrected chi connectivity index (χ0v) is 14.7. The zero-order valence-electron chi connectivity index (χ0n) is 13.9. The fourth-order valence-electron chi connectivity index (χ4n) is 2.42. The van der Waals surface area contributed by atoms with Gasteiger partial charge in [-0.2, -0.15) is 0 Å². The summed E-state index contributed by atoms with van der Waals surface area (Å²) in [7, 11) is -3.28. The first-order valence-corrected chi connectivity index (χ1v) is 9.48. The van der Waals surface area contributed by atoms with E-state index < -0.39 is 15.7 Å². The summed E-state index contributed by atoms with van der Waals surface area (Å²) < 4.78 is 23.2. The summed E-state index contributed by atoms with van der Waals surface area (Å²) in [6, 6.07) is 12.9. The van der Waals surface area contributed by atoms with E-state index >= 15 is 0 Å². The van der Waals surface area contributed by atoms with Crippen molar-refractivity contribution in [1.82, 2.24) is 9.97 Å². The van der Waals surface area contributed by atoms with Crippen molar-refractivity contribution in [3.8, 4) is 22.5 Å². The molecule has 0 atom stereocenters. The SMILES string of the molecule is CS(=O)(=O)c1ccc(-c2nc(-c3ccc(C(N)=O)cc3)cnc2N)cc1. The molecule has 0 radical (unpaired) electrons. The van der Waals surface area contributed by atoms with E-state index in [1.165, 1.54) is 18.3 Å². The number of amides is 1. The van der Waals surface area contributed by atoms with E-state index in [2.05, 4.69) is 9.97 Å². The van der Waals surface area contributed by atoms with Crippen molar-refractivity contribution in [2.24, 2.45) is 5.73 Å². The lowest BCUT2D eigenvalue weighted by atomic mass is 10.1. The maximum Gasteiger partial charge on any atom is 0.248 e. The van der Waals surface area contributed by atoms with E-state index in [9.17, 15) is 13.2 Å². The van der Waals surface area contributed by atoms with Crippen LogP contribution in [0.2, 0.25) is 0 Å². The Bertz CT molecular complexity index is 1080. The number of benzene rings is 2. The molecular weight excluding hydrogens is 352 g/mol. The van der Waals surface area contributed by atoms with Gasteiger partial charge in [-0.05, 0) is 24.3 Å². The molecule has 0 fully saturated rings. The van der Waals surface area contributed by atoms with Crippen LogP contribution in [0, 0.1) is 0 Å². The Hall–Kier alpha value is -3.26. The lowest BCUT2D eigenvalue weighted by Crippen LogP contribution is -2.10. The molecule has 0 bridgehead atoms. The fourth-order valence-corrected chi connectivity index (χ4v) is 3.05. The number of anilines is 1. The van der Waals surface area contributed by atoms with E-state index in [4.69, 9.17) is 11.5 Å². The van der Waals surface area contributed by atoms with Crippen molar-refractivity contribution < 1.29 is 13.2 Å². The van der Waals surface area contributed by atoms with Gasteiger partial charge in [-0.25, -0.2) is 18.4 Å². The second-order valence-electron chi connectivity index (χ2n) is 5.73. The van der Waals surface area contributed by atoms with Gasteiger partial charge >= 0.3 is 0 Å². The third-order valence-electron chi connectivity index (χ3n) is 3.82. The summed E-state index contributed by atoms with van der Waals surface area (Å²) in [5.41, 5.74) is 14.0. The molecule has 2 aromatic carbocycles. The van der Waals surface area contributed by atoms with Crippen molar-refractivity contribution in [1.29, 1.82) is 0 Å². The molecule has 3 aromatic rings. The Morgan fingerprint density at radius 1 is 0.962 bits per heavy atom. The first-order valence-electron chi connectivity index (χ1n) is 7.59. The monoisotopic (exact) mass is 368 g/mol. The fraction of sp³-hybridized carbons (Fsp3) is 0.0556. The van der Waals surface area contributed by atoms with E-state index in [1.54, 1.807) is 36.4 Å². The van der Waals surface area contributed by atoms with Crippen molar-refractivity contribution in [3.63, 3.8) is 0 Å². The van der Waals surface area contributed by atoms with Crippen LogP contribution in [0.4, 0.5) is 5.82 Å². The van der Waals surface area contributed by atoms with Crippen molar-refractivity contribution in [2.75, 3.05) is 12.0 Å². The number of carbonyl (C=O) groups excluding carboxylic acids is 1. The number of nitrogen functional groups attached to an aromatic ring is 1. The molecule has 3 rings (SSSR count). The predicted octanol–water partition coefficient (Wildman–Crippen LogP) is 1.90. The van der Waals surface area contributed by atoms with Gasteiger partial charge in [0.05, 0.1) is 16.8 Å². The van der Waals surface area contributed by atoms with Crippen LogP contribution < -0.4 is 11.5 Å². The summed E-state index contributed by atoms with van der Waals surface area (Å²) >= 11 is 0. The molecule has 0 saturated heterocycles. The van der Waals surface area contributed by atoms with Gasteiger partial charge in [-0.15, -0.1) is 0 Å². The molecule has 0 aliphatic rings. The number of rotatable bonds is 4. The van der Waals surface area contributed by atoms with Crippen LogP contribution in [0.1, 0.15) is 10.4 Å². The summed E-state index contributed by atoms with van der Waals surface area (Å²) in [4.78, 5) is 20.1. The number of nitrogens with two attached hydrogens (primary N) is 2. The second kappa shape index (κ2) is 6.57. The average molecular weight is 368 g/mol. The van der Waals surface area contributed by atoms with Gasteiger partial charge in [0.2, 0.25) is 5.91 Å². The van der Waals surface area contributed by atoms with Crippen molar-refractivity contribution in [2.45, 2.75) is 4.90 Å². The number of nitrogens with zero attached hydrogens (tertiary/aromatic N) is 2. The third kappa shape index (κ3) is 3.55. The molecule has 26 heavy (non-hydrogen) atoms. The molecule has 1 amide bonds. The Kier molecular flexibility index (Phi) is 4.43. The Labute approximate surface area is 150 Å². The van der Waals surface area contributed by atoms with Crippen LogP contribution in [-0.4, -0.2) is 30.5 Å². The quantitative estimate of drug-likeness (QED) is 0.723. The predicted molar refractivity (Wildman–Crippen MR) is 98.9 cm³/mol. The smallest absolute Gasteiger partial charge is 0.248 e. The van der Waals surface area contributed by atoms with Gasteiger partial charge in [-0.1, -0.05) is 24.3 Å². The highest BCUT2D eigenvalue weighted by Gasteiger charge is 2.12. The molecule has 0 unspecified atom stereocenters. The van der Waals surface area contributed by atoms with E-state index in [0.717, 1.165) is 11.8 Å². The number of aromatic nitrogens is 2. The molecule has 0 aliphatic heterocycles. The summed E-state index contributed by atoms with van der Waals surface area (Å²) in [5.74, 6) is -0.277. The molecule has 7 nitrogen and oxygen atoms in total. The van der Waals surface area contributed by atoms with E-state index in [-0.39, 0.29) is 10.7 Å². The maximum atomic E-state index is 11.6. The molecule has 132 valence electrons. The topological polar surface area (TPSA) is 129 Å². The van der Waals surface area contributed by atoms with Crippen LogP contribution in [-0.2, 0) is 9.84 Å². The largest absolute Gasteiger partial charge is 0.382 e. The van der Waals surface area contributed by atoms with Gasteiger partial charge in [-0.3, -0.25) is 4.79 Å². The van der Waals surface area contributed by atoms with E-state index in [0.29, 0.717) is 22.5 Å². The number of sulfone groups is 1. The van der Waals surface area contributed by atoms with Crippen LogP contribution in [0.5, 0.6) is 0 Å². The number of hydrogen-bond donors (Lipinski definition) is 2. The molecule has 1 aromatic heterocycles. The van der Waals surface area contributed by atoms with Gasteiger partial charge in [0.1, 0.15) is 11.5 Å². The average Bonchev–Trinajstić information content (AvgIpc) is 2.61. The lowest BCUT2D eigenvalue weighted by molar-refractivity contribution is 0.100. The van der Waals surface area contributed by atoms with E-state index in [1.807, 2.05) is 0 Å². The standard InChI is InChI=1S/C18H16N4O3S/c1-26(24,25)14-8-6-12(7-9-14)16-17(19)21-10-15(22-16)11-2-4-13(5-3-11)18(20)23/h2-10H,1H3,(H2,19,21)(H2,20,23). The molecule has 0 aliphatic carbocycles. The minimum Gasteiger partial charge on any atom is -0.382 e. The van der Waals surface area contributed by atoms with Gasteiger partial charge < -0.3 is 11.5 Å². The Balaban J connectivity index is 2.01. The van der Waals surface area contributed by atoms with Gasteiger partial charge in [0, 0.05) is 22.9 Å². The first-order chi connectivity index (χ1) is 12.3. The summed E-state index contributed by atoms with van der Waals surface area (Å²) in [6.45, 7) is 0. The minimum atomic E-state index is -3.28. The van der Waals surface area contributed by atoms with Crippen LogP contribution in [0.25, 0.3) is 22.5 Å². The van der Waals surface area contributed by atoms with Gasteiger partial charge in [0.15, 0.2) is 9.84 Å². The van der Waals surface area contributed by atoms with Crippen molar-refractivity contribution >= 4 is 21.6 Å². The molecule has 0 saturated carbocycles. The third-order valence-corrected chi connectivity index (χ3v) is 4.95. The molecule has 0 spiro atoms. The summed E-state index contributed by atoms with van der Waals surface area (Å²) in [5, 5.41) is 0. The highest BCUT2D eigenvalue weighted by molar-refractivity contribution is 7.90. The highest BCUT2D eigenvalue weighted by Crippen LogP contribution is 2.27. The molecular formula is C18H16N4O3S. The second-order valence-corrected chi connectivity index (χ2v) is 7.74. The number of primary amides is 1. The molecule has 1 heterocycles.